The van der Waals surface area contributed by atoms with Crippen LogP contribution in [0.5, 0.6) is 0 Å². The Kier molecular flexibility index (Phi) is 9.05. The van der Waals surface area contributed by atoms with Gasteiger partial charge in [-0.3, -0.25) is 0 Å². The third kappa shape index (κ3) is 9.98. The van der Waals surface area contributed by atoms with E-state index in [4.69, 9.17) is 9.47 Å². The van der Waals surface area contributed by atoms with Crippen molar-refractivity contribution in [3.05, 3.63) is 35.4 Å². The van der Waals surface area contributed by atoms with Gasteiger partial charge in [-0.1, -0.05) is 34.7 Å². The number of hydrogen-bond acceptors (Lipinski definition) is 4. The van der Waals surface area contributed by atoms with Gasteiger partial charge in [0.1, 0.15) is 11.2 Å². The van der Waals surface area contributed by atoms with Crippen LogP contribution in [0.25, 0.3) is 0 Å². The van der Waals surface area contributed by atoms with Crippen LogP contribution in [0.15, 0.2) is 24.3 Å². The third-order valence-corrected chi connectivity index (χ3v) is 4.21. The van der Waals surface area contributed by atoms with E-state index in [1.165, 1.54) is 0 Å². The predicted molar refractivity (Wildman–Crippen MR) is 117 cm³/mol. The first-order valence-electron chi connectivity index (χ1n) is 9.27. The van der Waals surface area contributed by atoms with Gasteiger partial charge in [0.05, 0.1) is 5.56 Å². The van der Waals surface area contributed by atoms with E-state index in [9.17, 15) is 9.59 Å². The van der Waals surface area contributed by atoms with Crippen LogP contribution in [0.4, 0.5) is 4.79 Å². The summed E-state index contributed by atoms with van der Waals surface area (Å²) in [5.74, 6) is -0.335. The number of esters is 1. The lowest BCUT2D eigenvalue weighted by Gasteiger charge is -2.27. The Balaban J connectivity index is 2.78. The van der Waals surface area contributed by atoms with Gasteiger partial charge < -0.3 is 14.4 Å². The molecule has 0 aliphatic carbocycles. The highest BCUT2D eigenvalue weighted by Crippen LogP contribution is 2.15. The molecule has 27 heavy (non-hydrogen) atoms. The highest BCUT2D eigenvalue weighted by molar-refractivity contribution is 14.1. The molecule has 1 rings (SSSR count). The molecule has 0 saturated heterocycles. The molecule has 0 bridgehead atoms. The van der Waals surface area contributed by atoms with E-state index in [0.29, 0.717) is 25.1 Å². The normalized spacial score (nSPS) is 11.8. The quantitative estimate of drug-likeness (QED) is 0.299. The topological polar surface area (TPSA) is 55.8 Å². The van der Waals surface area contributed by atoms with Gasteiger partial charge in [-0.15, -0.1) is 0 Å². The monoisotopic (exact) mass is 489 g/mol. The third-order valence-electron chi connectivity index (χ3n) is 3.45. The maximum absolute atomic E-state index is 12.4. The Morgan fingerprint density at radius 1 is 1.00 bits per heavy atom. The lowest BCUT2D eigenvalue weighted by Crippen LogP contribution is -2.38. The van der Waals surface area contributed by atoms with Crippen LogP contribution in [0.2, 0.25) is 0 Å². The number of nitrogens with zero attached hydrogens (tertiary/aromatic N) is 1. The maximum atomic E-state index is 12.4. The summed E-state index contributed by atoms with van der Waals surface area (Å²) >= 11 is 2.30. The van der Waals surface area contributed by atoms with Crippen LogP contribution in [-0.4, -0.2) is 45.7 Å². The number of rotatable bonds is 7. The van der Waals surface area contributed by atoms with Gasteiger partial charge in [-0.2, -0.15) is 0 Å². The van der Waals surface area contributed by atoms with E-state index in [1.54, 1.807) is 11.0 Å². The summed E-state index contributed by atoms with van der Waals surface area (Å²) in [5, 5.41) is 0. The first kappa shape index (κ1) is 23.7. The van der Waals surface area contributed by atoms with Crippen molar-refractivity contribution < 1.29 is 19.1 Å². The molecule has 1 amide bonds. The molecule has 0 aliphatic heterocycles. The Bertz CT molecular complexity index is 632. The zero-order chi connectivity index (χ0) is 20.7. The molecule has 0 saturated carbocycles. The van der Waals surface area contributed by atoms with Crippen molar-refractivity contribution in [2.24, 2.45) is 0 Å². The molecule has 0 spiro atoms. The Morgan fingerprint density at radius 2 is 1.63 bits per heavy atom. The summed E-state index contributed by atoms with van der Waals surface area (Å²) < 4.78 is 11.9. The average molecular weight is 489 g/mol. The van der Waals surface area contributed by atoms with Crippen LogP contribution in [0, 0.1) is 0 Å². The van der Waals surface area contributed by atoms with E-state index in [2.05, 4.69) is 22.6 Å². The number of carbonyl (C=O) groups excluding carboxylic acids is 2. The smallest absolute Gasteiger partial charge is 0.410 e. The summed E-state index contributed by atoms with van der Waals surface area (Å²) in [6, 6.07) is 7.38. The Hall–Kier alpha value is -1.31. The maximum Gasteiger partial charge on any atom is 0.410 e. The van der Waals surface area contributed by atoms with Crippen LogP contribution in [0.3, 0.4) is 0 Å². The average Bonchev–Trinajstić information content (AvgIpc) is 2.52. The molecule has 0 unspecified atom stereocenters. The molecule has 0 radical (unpaired) electrons. The Labute approximate surface area is 176 Å². The number of halogens is 1. The minimum atomic E-state index is -0.528. The lowest BCUT2D eigenvalue weighted by molar-refractivity contribution is 0.00683. The zero-order valence-corrected chi connectivity index (χ0v) is 19.5. The minimum absolute atomic E-state index is 0.296. The van der Waals surface area contributed by atoms with Gasteiger partial charge in [-0.05, 0) is 72.1 Å². The molecule has 0 aliphatic rings. The highest BCUT2D eigenvalue weighted by atomic mass is 127. The SMILES string of the molecule is CC(C)(C)OC(=O)c1cccc(CCN(CCCI)C(=O)OC(C)(C)C)c1. The van der Waals surface area contributed by atoms with Crippen molar-refractivity contribution in [1.82, 2.24) is 4.90 Å². The Morgan fingerprint density at radius 3 is 2.19 bits per heavy atom. The van der Waals surface area contributed by atoms with E-state index < -0.39 is 11.2 Å². The molecule has 0 heterocycles. The van der Waals surface area contributed by atoms with Crippen LogP contribution >= 0.6 is 22.6 Å². The summed E-state index contributed by atoms with van der Waals surface area (Å²) in [4.78, 5) is 26.4. The van der Waals surface area contributed by atoms with E-state index in [0.717, 1.165) is 16.4 Å². The van der Waals surface area contributed by atoms with Crippen molar-refractivity contribution in [3.8, 4) is 0 Å². The molecule has 1 aromatic carbocycles. The minimum Gasteiger partial charge on any atom is -0.456 e. The molecule has 0 aromatic heterocycles. The van der Waals surface area contributed by atoms with Gasteiger partial charge in [0.2, 0.25) is 0 Å². The molecule has 152 valence electrons. The second-order valence-corrected chi connectivity index (χ2v) is 9.54. The fraction of sp³-hybridized carbons (Fsp3) is 0.619. The molecule has 6 heteroatoms. The predicted octanol–water partition coefficient (Wildman–Crippen LogP) is 5.25. The molecular formula is C21H32INO4. The van der Waals surface area contributed by atoms with E-state index >= 15 is 0 Å². The number of ether oxygens (including phenoxy) is 2. The van der Waals surface area contributed by atoms with Gasteiger partial charge in [0.25, 0.3) is 0 Å². The number of amides is 1. The number of hydrogen-bond donors (Lipinski definition) is 0. The van der Waals surface area contributed by atoms with Crippen molar-refractivity contribution in [2.75, 3.05) is 17.5 Å². The standard InChI is InChI=1S/C21H32INO4/c1-20(2,3)26-18(24)17-10-7-9-16(15-17)11-14-23(13-8-12-22)19(25)27-21(4,5)6/h7,9-10,15H,8,11-14H2,1-6H3. The molecule has 0 atom stereocenters. The van der Waals surface area contributed by atoms with Crippen molar-refractivity contribution in [2.45, 2.75) is 65.6 Å². The fourth-order valence-electron chi connectivity index (χ4n) is 2.33. The van der Waals surface area contributed by atoms with Crippen molar-refractivity contribution in [1.29, 1.82) is 0 Å². The summed E-state index contributed by atoms with van der Waals surface area (Å²) in [5.41, 5.74) is 0.468. The van der Waals surface area contributed by atoms with Crippen molar-refractivity contribution >= 4 is 34.7 Å². The number of carbonyl (C=O) groups is 2. The second-order valence-electron chi connectivity index (χ2n) is 8.46. The summed E-state index contributed by atoms with van der Waals surface area (Å²) in [6.07, 6.45) is 1.27. The van der Waals surface area contributed by atoms with Crippen molar-refractivity contribution in [3.63, 3.8) is 0 Å². The summed E-state index contributed by atoms with van der Waals surface area (Å²) in [6.45, 7) is 12.3. The van der Waals surface area contributed by atoms with E-state index in [1.807, 2.05) is 59.7 Å². The zero-order valence-electron chi connectivity index (χ0n) is 17.3. The highest BCUT2D eigenvalue weighted by Gasteiger charge is 2.22. The van der Waals surface area contributed by atoms with Gasteiger partial charge in [0.15, 0.2) is 0 Å². The van der Waals surface area contributed by atoms with E-state index in [-0.39, 0.29) is 12.1 Å². The lowest BCUT2D eigenvalue weighted by atomic mass is 10.1. The summed E-state index contributed by atoms with van der Waals surface area (Å²) in [7, 11) is 0. The largest absolute Gasteiger partial charge is 0.456 e. The van der Waals surface area contributed by atoms with Crippen LogP contribution in [0.1, 0.15) is 63.9 Å². The first-order valence-corrected chi connectivity index (χ1v) is 10.8. The first-order chi connectivity index (χ1) is 12.4. The number of alkyl halides is 1. The molecule has 1 aromatic rings. The van der Waals surface area contributed by atoms with Crippen LogP contribution < -0.4 is 0 Å². The fourth-order valence-corrected chi connectivity index (χ4v) is 2.67. The molecular weight excluding hydrogens is 457 g/mol. The molecule has 0 N–H and O–H groups in total. The van der Waals surface area contributed by atoms with Gasteiger partial charge >= 0.3 is 12.1 Å². The molecule has 0 fully saturated rings. The van der Waals surface area contributed by atoms with Gasteiger partial charge in [-0.25, -0.2) is 9.59 Å². The number of benzene rings is 1. The second kappa shape index (κ2) is 10.3. The van der Waals surface area contributed by atoms with Gasteiger partial charge in [0, 0.05) is 17.5 Å². The van der Waals surface area contributed by atoms with Crippen LogP contribution in [-0.2, 0) is 15.9 Å². The molecule has 5 nitrogen and oxygen atoms in total.